The van der Waals surface area contributed by atoms with Crippen molar-refractivity contribution >= 4 is 84.8 Å². The van der Waals surface area contributed by atoms with Crippen molar-refractivity contribution in [2.45, 2.75) is 9.79 Å². The standard InChI is InChI=1S/C23H16Cl2N4O8S2/c24-16-3-1-2-15(20(16)25)23(31)27-17-10-14(38-37-36-32)8-11-9-18(39(33,34)35)21(22(30)19(11)17)29-28-13-6-4-12(26)5-7-13/h1-10,30,32H,26H2,(H,27,31)(H,33,34,35). The van der Waals surface area contributed by atoms with E-state index in [4.69, 9.17) is 34.2 Å². The highest BCUT2D eigenvalue weighted by molar-refractivity contribution is 7.94. The number of amides is 1. The minimum atomic E-state index is -4.93. The lowest BCUT2D eigenvalue weighted by Gasteiger charge is -2.15. The molecule has 4 aromatic rings. The second-order valence-electron chi connectivity index (χ2n) is 7.69. The van der Waals surface area contributed by atoms with Gasteiger partial charge in [-0.1, -0.05) is 34.3 Å². The maximum Gasteiger partial charge on any atom is 0.296 e. The van der Waals surface area contributed by atoms with Crippen LogP contribution >= 0.6 is 35.2 Å². The first-order valence-electron chi connectivity index (χ1n) is 10.5. The molecule has 39 heavy (non-hydrogen) atoms. The monoisotopic (exact) mass is 610 g/mol. The quantitative estimate of drug-likeness (QED) is 0.0354. The van der Waals surface area contributed by atoms with E-state index in [1.54, 1.807) is 0 Å². The minimum Gasteiger partial charge on any atom is -0.505 e. The lowest BCUT2D eigenvalue weighted by Crippen LogP contribution is -2.13. The zero-order chi connectivity index (χ0) is 28.3. The summed E-state index contributed by atoms with van der Waals surface area (Å²) in [5.74, 6) is -1.46. The molecular weight excluding hydrogens is 595 g/mol. The molecule has 6 N–H and O–H groups in total. The fourth-order valence-electron chi connectivity index (χ4n) is 3.47. The number of nitrogens with two attached hydrogens (primary N) is 1. The van der Waals surface area contributed by atoms with Crippen molar-refractivity contribution in [3.8, 4) is 5.75 Å². The summed E-state index contributed by atoms with van der Waals surface area (Å²) in [7, 11) is -4.93. The Balaban J connectivity index is 1.93. The molecule has 0 atom stereocenters. The number of phenolic OH excluding ortho intramolecular Hbond substituents is 1. The summed E-state index contributed by atoms with van der Waals surface area (Å²) in [6, 6.07) is 14.1. The Morgan fingerprint density at radius 2 is 1.77 bits per heavy atom. The number of rotatable bonds is 8. The van der Waals surface area contributed by atoms with Gasteiger partial charge in [-0.25, -0.2) is 5.26 Å². The number of phenols is 1. The topological polar surface area (TPSA) is 193 Å². The Hall–Kier alpha value is -3.47. The van der Waals surface area contributed by atoms with Crippen LogP contribution in [0.15, 0.2) is 80.7 Å². The molecule has 0 heterocycles. The zero-order valence-corrected chi connectivity index (χ0v) is 22.3. The summed E-state index contributed by atoms with van der Waals surface area (Å²) in [6.07, 6.45) is 0. The van der Waals surface area contributed by atoms with Gasteiger partial charge in [0.1, 0.15) is 10.6 Å². The van der Waals surface area contributed by atoms with Crippen molar-refractivity contribution < 1.29 is 37.5 Å². The zero-order valence-electron chi connectivity index (χ0n) is 19.2. The maximum atomic E-state index is 13.1. The molecule has 0 aliphatic heterocycles. The summed E-state index contributed by atoms with van der Waals surface area (Å²) in [4.78, 5) is 12.5. The van der Waals surface area contributed by atoms with Crippen LogP contribution in [0, 0.1) is 0 Å². The first kappa shape index (κ1) is 28.5. The smallest absolute Gasteiger partial charge is 0.296 e. The van der Waals surface area contributed by atoms with E-state index in [-0.39, 0.29) is 42.7 Å². The average molecular weight is 611 g/mol. The number of hydrogen-bond donors (Lipinski definition) is 5. The Labute approximate surface area is 234 Å². The van der Waals surface area contributed by atoms with Crippen LogP contribution in [0.25, 0.3) is 10.8 Å². The molecule has 1 amide bonds. The van der Waals surface area contributed by atoms with Crippen LogP contribution in [0.2, 0.25) is 10.0 Å². The van der Waals surface area contributed by atoms with Crippen molar-refractivity contribution in [1.82, 2.24) is 0 Å². The van der Waals surface area contributed by atoms with Crippen molar-refractivity contribution in [3.05, 3.63) is 76.3 Å². The number of carbonyl (C=O) groups excluding carboxylic acids is 1. The first-order chi connectivity index (χ1) is 18.5. The fourth-order valence-corrected chi connectivity index (χ4v) is 4.97. The van der Waals surface area contributed by atoms with E-state index in [2.05, 4.69) is 24.9 Å². The Bertz CT molecular complexity index is 1720. The van der Waals surface area contributed by atoms with Crippen molar-refractivity contribution in [1.29, 1.82) is 0 Å². The molecule has 4 rings (SSSR count). The summed E-state index contributed by atoms with van der Waals surface area (Å²) in [5, 5.41) is 33.7. The van der Waals surface area contributed by atoms with Crippen molar-refractivity contribution in [3.63, 3.8) is 0 Å². The largest absolute Gasteiger partial charge is 0.505 e. The lowest BCUT2D eigenvalue weighted by atomic mass is 10.1. The van der Waals surface area contributed by atoms with Gasteiger partial charge in [0.2, 0.25) is 0 Å². The molecule has 0 aliphatic rings. The summed E-state index contributed by atoms with van der Waals surface area (Å²) in [5.41, 5.74) is 5.71. The van der Waals surface area contributed by atoms with E-state index in [1.807, 2.05) is 0 Å². The third-order valence-corrected chi connectivity index (χ3v) is 7.41. The van der Waals surface area contributed by atoms with Crippen LogP contribution in [-0.2, 0) is 19.5 Å². The molecule has 0 radical (unpaired) electrons. The number of carbonyl (C=O) groups is 1. The van der Waals surface area contributed by atoms with Crippen molar-refractivity contribution in [2.24, 2.45) is 10.2 Å². The van der Waals surface area contributed by atoms with E-state index in [9.17, 15) is 22.9 Å². The molecule has 16 heteroatoms. The minimum absolute atomic E-state index is 0.00243. The lowest BCUT2D eigenvalue weighted by molar-refractivity contribution is -0.432. The SMILES string of the molecule is Nc1ccc(N=Nc2c(S(=O)(=O)O)cc3cc(SOOO)cc(NC(=O)c4cccc(Cl)c4Cl)c3c2O)cc1. The molecule has 0 bridgehead atoms. The number of aromatic hydroxyl groups is 1. The average Bonchev–Trinajstić information content (AvgIpc) is 2.88. The molecule has 0 aromatic heterocycles. The molecule has 12 nitrogen and oxygen atoms in total. The molecule has 4 aromatic carbocycles. The van der Waals surface area contributed by atoms with Gasteiger partial charge in [0, 0.05) is 16.0 Å². The molecule has 0 saturated heterocycles. The molecule has 202 valence electrons. The van der Waals surface area contributed by atoms with E-state index >= 15 is 0 Å². The second kappa shape index (κ2) is 11.7. The Morgan fingerprint density at radius 3 is 2.44 bits per heavy atom. The molecule has 0 aliphatic carbocycles. The van der Waals surface area contributed by atoms with Crippen molar-refractivity contribution in [2.75, 3.05) is 11.1 Å². The highest BCUT2D eigenvalue weighted by Crippen LogP contribution is 2.46. The summed E-state index contributed by atoms with van der Waals surface area (Å²) in [6.45, 7) is 0. The highest BCUT2D eigenvalue weighted by Gasteiger charge is 2.25. The van der Waals surface area contributed by atoms with E-state index < -0.39 is 32.4 Å². The fraction of sp³-hybridized carbons (Fsp3) is 0. The van der Waals surface area contributed by atoms with Crippen LogP contribution in [0.5, 0.6) is 5.75 Å². The van der Waals surface area contributed by atoms with Gasteiger partial charge in [0.05, 0.1) is 39.0 Å². The molecule has 0 spiro atoms. The van der Waals surface area contributed by atoms with Crippen LogP contribution in [-0.4, -0.2) is 29.2 Å². The Kier molecular flexibility index (Phi) is 8.58. The summed E-state index contributed by atoms with van der Waals surface area (Å²) < 4.78 is 38.8. The molecule has 0 fully saturated rings. The second-order valence-corrected chi connectivity index (χ2v) is 10.6. The number of halogens is 2. The van der Waals surface area contributed by atoms with Gasteiger partial charge in [0.25, 0.3) is 16.0 Å². The van der Waals surface area contributed by atoms with Crippen LogP contribution in [0.3, 0.4) is 0 Å². The van der Waals surface area contributed by atoms with E-state index in [1.165, 1.54) is 54.6 Å². The Morgan fingerprint density at radius 1 is 1.05 bits per heavy atom. The van der Waals surface area contributed by atoms with Gasteiger partial charge in [-0.3, -0.25) is 9.35 Å². The van der Waals surface area contributed by atoms with Crippen LogP contribution in [0.1, 0.15) is 10.4 Å². The normalized spacial score (nSPS) is 11.8. The molecular formula is C23H16Cl2N4O8S2. The molecule has 0 unspecified atom stereocenters. The third-order valence-electron chi connectivity index (χ3n) is 5.17. The van der Waals surface area contributed by atoms with Crippen LogP contribution < -0.4 is 11.1 Å². The number of benzene rings is 4. The van der Waals surface area contributed by atoms with Gasteiger partial charge in [0.15, 0.2) is 5.75 Å². The van der Waals surface area contributed by atoms with E-state index in [0.717, 1.165) is 6.07 Å². The number of nitrogen functional groups attached to an aromatic ring is 1. The first-order valence-corrected chi connectivity index (χ1v) is 13.4. The van der Waals surface area contributed by atoms with Gasteiger partial charge >= 0.3 is 0 Å². The predicted octanol–water partition coefficient (Wildman–Crippen LogP) is 6.78. The van der Waals surface area contributed by atoms with Gasteiger partial charge < -0.3 is 16.2 Å². The highest BCUT2D eigenvalue weighted by atomic mass is 35.5. The predicted molar refractivity (Wildman–Crippen MR) is 146 cm³/mol. The van der Waals surface area contributed by atoms with E-state index in [0.29, 0.717) is 17.7 Å². The number of fused-ring (bicyclic) bond motifs is 1. The number of hydrogen-bond acceptors (Lipinski definition) is 11. The van der Waals surface area contributed by atoms with Gasteiger partial charge in [-0.15, -0.1) is 9.45 Å². The maximum absolute atomic E-state index is 13.1. The third kappa shape index (κ3) is 6.41. The number of nitrogens with one attached hydrogen (secondary N) is 1. The van der Waals surface area contributed by atoms with Crippen LogP contribution in [0.4, 0.5) is 22.7 Å². The number of nitrogens with zero attached hydrogens (tertiary/aromatic N) is 2. The van der Waals surface area contributed by atoms with Gasteiger partial charge in [-0.05, 0) is 60.0 Å². The number of azo groups is 1. The molecule has 0 saturated carbocycles. The van der Waals surface area contributed by atoms with Gasteiger partial charge in [-0.2, -0.15) is 13.5 Å². The number of anilines is 2. The summed E-state index contributed by atoms with van der Waals surface area (Å²) >= 11 is 12.7.